The highest BCUT2D eigenvalue weighted by Gasteiger charge is 2.50. The molecule has 1 aliphatic rings. The van der Waals surface area contributed by atoms with Gasteiger partial charge in [-0.2, -0.15) is 11.8 Å². The number of imidazole rings is 1. The summed E-state index contributed by atoms with van der Waals surface area (Å²) in [7, 11) is 0. The van der Waals surface area contributed by atoms with Gasteiger partial charge in [-0.15, -0.1) is 0 Å². The summed E-state index contributed by atoms with van der Waals surface area (Å²) < 4.78 is 18.9. The Labute approximate surface area is 172 Å². The third-order valence-electron chi connectivity index (χ3n) is 4.28. The van der Waals surface area contributed by atoms with Crippen LogP contribution in [-0.2, 0) is 23.8 Å². The smallest absolute Gasteiger partial charge is 0.303 e. The third kappa shape index (κ3) is 4.78. The molecule has 0 aliphatic carbocycles. The molecule has 2 aromatic heterocycles. The van der Waals surface area contributed by atoms with E-state index in [2.05, 4.69) is 28.8 Å². The van der Waals surface area contributed by atoms with Crippen molar-refractivity contribution < 1.29 is 23.8 Å². The molecule has 0 bridgehead atoms. The van der Waals surface area contributed by atoms with E-state index in [0.29, 0.717) is 22.8 Å². The summed E-state index contributed by atoms with van der Waals surface area (Å²) in [4.78, 5) is 35.9. The third-order valence-corrected chi connectivity index (χ3v) is 5.75. The Bertz CT molecular complexity index is 889. The predicted molar refractivity (Wildman–Crippen MR) is 107 cm³/mol. The molecule has 0 spiro atoms. The van der Waals surface area contributed by atoms with E-state index < -0.39 is 36.5 Å². The lowest BCUT2D eigenvalue weighted by Gasteiger charge is -2.23. The number of nitrogens with two attached hydrogens (primary N) is 1. The molecule has 158 valence electrons. The molecule has 2 N–H and O–H groups in total. The van der Waals surface area contributed by atoms with E-state index in [0.717, 1.165) is 5.75 Å². The molecule has 1 saturated heterocycles. The van der Waals surface area contributed by atoms with E-state index in [-0.39, 0.29) is 5.82 Å². The Morgan fingerprint density at radius 1 is 1.21 bits per heavy atom. The summed E-state index contributed by atoms with van der Waals surface area (Å²) in [6, 6.07) is 0. The number of carbonyl (C=O) groups is 2. The maximum Gasteiger partial charge on any atom is 0.303 e. The van der Waals surface area contributed by atoms with Crippen molar-refractivity contribution >= 4 is 40.7 Å². The van der Waals surface area contributed by atoms with Crippen LogP contribution >= 0.6 is 11.8 Å². The average molecular weight is 423 g/mol. The normalized spacial score (nSPS) is 24.2. The topological polar surface area (TPSA) is 131 Å². The zero-order valence-electron chi connectivity index (χ0n) is 16.8. The minimum atomic E-state index is -0.852. The van der Waals surface area contributed by atoms with Gasteiger partial charge in [0.05, 0.1) is 6.33 Å². The highest BCUT2D eigenvalue weighted by atomic mass is 32.2. The molecule has 3 heterocycles. The molecule has 0 amide bonds. The summed E-state index contributed by atoms with van der Waals surface area (Å²) in [6.07, 6.45) is -0.00980. The van der Waals surface area contributed by atoms with Crippen LogP contribution in [0.5, 0.6) is 0 Å². The van der Waals surface area contributed by atoms with Crippen LogP contribution in [0.1, 0.15) is 33.9 Å². The molecular formula is C18H25N5O5S. The van der Waals surface area contributed by atoms with Gasteiger partial charge in [0.1, 0.15) is 17.9 Å². The number of ether oxygens (including phenoxy) is 3. The number of thioether (sulfide) groups is 1. The molecule has 3 rings (SSSR count). The maximum atomic E-state index is 11.8. The number of hydrogen-bond donors (Lipinski definition) is 1. The Balaban J connectivity index is 1.95. The first-order valence-electron chi connectivity index (χ1n) is 9.28. The van der Waals surface area contributed by atoms with E-state index in [4.69, 9.17) is 19.9 Å². The largest absolute Gasteiger partial charge is 0.456 e. The molecule has 0 radical (unpaired) electrons. The van der Waals surface area contributed by atoms with Gasteiger partial charge in [0, 0.05) is 19.6 Å². The van der Waals surface area contributed by atoms with Gasteiger partial charge in [-0.25, -0.2) is 15.0 Å². The number of esters is 2. The second-order valence-electron chi connectivity index (χ2n) is 7.23. The van der Waals surface area contributed by atoms with E-state index in [9.17, 15) is 9.59 Å². The minimum absolute atomic E-state index is 0.233. The minimum Gasteiger partial charge on any atom is -0.456 e. The van der Waals surface area contributed by atoms with Gasteiger partial charge < -0.3 is 19.9 Å². The second-order valence-corrected chi connectivity index (χ2v) is 8.30. The van der Waals surface area contributed by atoms with Gasteiger partial charge in [0.2, 0.25) is 0 Å². The Hall–Kier alpha value is -2.40. The summed E-state index contributed by atoms with van der Waals surface area (Å²) in [5.41, 5.74) is 6.73. The van der Waals surface area contributed by atoms with Crippen LogP contribution in [-0.4, -0.2) is 61.3 Å². The monoisotopic (exact) mass is 423 g/mol. The first-order valence-corrected chi connectivity index (χ1v) is 10.4. The standard InChI is InChI=1S/C18H25N5O5S/c1-9(2)5-29-6-12-14(26-10(3)24)15(27-11(4)25)18(28-12)23-8-22-13-16(19)20-7-21-17(13)23/h7-9,12,14-15,18H,5-6H2,1-4H3,(H2,19,20,21)/t12-,14-,15-,18-/m1/s1. The van der Waals surface area contributed by atoms with Gasteiger partial charge in [-0.05, 0) is 11.7 Å². The van der Waals surface area contributed by atoms with Gasteiger partial charge in [-0.3, -0.25) is 14.2 Å². The molecule has 2 aromatic rings. The molecule has 10 nitrogen and oxygen atoms in total. The molecule has 0 unspecified atom stereocenters. The number of nitrogen functional groups attached to an aromatic ring is 1. The fraction of sp³-hybridized carbons (Fsp3) is 0.611. The number of aromatic nitrogens is 4. The Kier molecular flexibility index (Phi) is 6.58. The quantitative estimate of drug-likeness (QED) is 0.654. The van der Waals surface area contributed by atoms with Crippen molar-refractivity contribution in [3.63, 3.8) is 0 Å². The Morgan fingerprint density at radius 2 is 1.90 bits per heavy atom. The predicted octanol–water partition coefficient (Wildman–Crippen LogP) is 1.56. The second kappa shape index (κ2) is 8.95. The first kappa shape index (κ1) is 21.3. The highest BCUT2D eigenvalue weighted by Crippen LogP contribution is 2.37. The zero-order chi connectivity index (χ0) is 21.1. The summed E-state index contributed by atoms with van der Waals surface area (Å²) in [6.45, 7) is 6.86. The average Bonchev–Trinajstić information content (AvgIpc) is 3.18. The number of nitrogens with zero attached hydrogens (tertiary/aromatic N) is 4. The van der Waals surface area contributed by atoms with Crippen molar-refractivity contribution in [2.45, 2.75) is 52.2 Å². The van der Waals surface area contributed by atoms with Crippen molar-refractivity contribution in [3.8, 4) is 0 Å². The number of fused-ring (bicyclic) bond motifs is 1. The SMILES string of the molecule is CC(=O)O[C@@H]1[C@H](OC(C)=O)[C@@H](CSCC(C)C)O[C@H]1n1cnc2c(N)ncnc21. The van der Waals surface area contributed by atoms with Gasteiger partial charge >= 0.3 is 11.9 Å². The van der Waals surface area contributed by atoms with Crippen molar-refractivity contribution in [1.82, 2.24) is 19.5 Å². The van der Waals surface area contributed by atoms with Crippen LogP contribution in [0.4, 0.5) is 5.82 Å². The lowest BCUT2D eigenvalue weighted by molar-refractivity contribution is -0.165. The number of hydrogen-bond acceptors (Lipinski definition) is 10. The number of carbonyl (C=O) groups excluding carboxylic acids is 2. The number of rotatable bonds is 7. The van der Waals surface area contributed by atoms with E-state index in [1.165, 1.54) is 26.5 Å². The molecule has 0 aromatic carbocycles. The fourth-order valence-corrected chi connectivity index (χ4v) is 4.30. The van der Waals surface area contributed by atoms with E-state index in [1.807, 2.05) is 0 Å². The molecule has 4 atom stereocenters. The van der Waals surface area contributed by atoms with Crippen LogP contribution < -0.4 is 5.73 Å². The highest BCUT2D eigenvalue weighted by molar-refractivity contribution is 7.99. The van der Waals surface area contributed by atoms with Gasteiger partial charge in [0.25, 0.3) is 0 Å². The van der Waals surface area contributed by atoms with Crippen LogP contribution in [0.25, 0.3) is 11.2 Å². The Morgan fingerprint density at radius 3 is 2.55 bits per heavy atom. The molecule has 1 aliphatic heterocycles. The molecule has 11 heteroatoms. The number of anilines is 1. The molecule has 0 saturated carbocycles. The van der Waals surface area contributed by atoms with E-state index >= 15 is 0 Å². The summed E-state index contributed by atoms with van der Waals surface area (Å²) in [5.74, 6) is 1.26. The molecular weight excluding hydrogens is 398 g/mol. The van der Waals surface area contributed by atoms with E-state index in [1.54, 1.807) is 16.3 Å². The van der Waals surface area contributed by atoms with Gasteiger partial charge in [-0.1, -0.05) is 13.8 Å². The van der Waals surface area contributed by atoms with Crippen molar-refractivity contribution in [2.75, 3.05) is 17.2 Å². The lowest BCUT2D eigenvalue weighted by atomic mass is 10.1. The van der Waals surface area contributed by atoms with Crippen molar-refractivity contribution in [3.05, 3.63) is 12.7 Å². The fourth-order valence-electron chi connectivity index (χ4n) is 3.19. The van der Waals surface area contributed by atoms with Crippen LogP contribution in [0, 0.1) is 5.92 Å². The summed E-state index contributed by atoms with van der Waals surface area (Å²) in [5, 5.41) is 0. The zero-order valence-corrected chi connectivity index (χ0v) is 17.6. The van der Waals surface area contributed by atoms with Gasteiger partial charge in [0.15, 0.2) is 29.9 Å². The summed E-state index contributed by atoms with van der Waals surface area (Å²) >= 11 is 1.69. The molecule has 29 heavy (non-hydrogen) atoms. The van der Waals surface area contributed by atoms with Crippen LogP contribution in [0.2, 0.25) is 0 Å². The maximum absolute atomic E-state index is 11.8. The first-order chi connectivity index (χ1) is 13.8. The van der Waals surface area contributed by atoms with Crippen molar-refractivity contribution in [1.29, 1.82) is 0 Å². The van der Waals surface area contributed by atoms with Crippen LogP contribution in [0.3, 0.4) is 0 Å². The van der Waals surface area contributed by atoms with Crippen molar-refractivity contribution in [2.24, 2.45) is 5.92 Å². The van der Waals surface area contributed by atoms with Crippen LogP contribution in [0.15, 0.2) is 12.7 Å². The molecule has 1 fully saturated rings. The lowest BCUT2D eigenvalue weighted by Crippen LogP contribution is -2.39.